The van der Waals surface area contributed by atoms with Crippen LogP contribution in [0, 0.1) is 23.7 Å². The highest BCUT2D eigenvalue weighted by molar-refractivity contribution is 5.84. The minimum Gasteiger partial charge on any atom is -0.394 e. The van der Waals surface area contributed by atoms with Gasteiger partial charge in [-0.3, -0.25) is 4.79 Å². The molecule has 272 valence electrons. The smallest absolute Gasteiger partial charge is 0.251 e. The molecule has 4 fully saturated rings. The fraction of sp³-hybridized carbons (Fsp3) is 0.553. The van der Waals surface area contributed by atoms with E-state index in [0.29, 0.717) is 50.1 Å². The highest BCUT2D eigenvalue weighted by atomic mass is 16.6. The van der Waals surface area contributed by atoms with Crippen LogP contribution in [-0.2, 0) is 24.4 Å². The zero-order valence-electron chi connectivity index (χ0n) is 27.8. The molecule has 2 aromatic rings. The lowest BCUT2D eigenvalue weighted by Gasteiger charge is -2.41. The third-order valence-electron chi connectivity index (χ3n) is 11.0. The summed E-state index contributed by atoms with van der Waals surface area (Å²) < 4.78 is 16.9. The summed E-state index contributed by atoms with van der Waals surface area (Å²) in [6.45, 7) is 0.473. The van der Waals surface area contributed by atoms with Crippen molar-refractivity contribution in [2.24, 2.45) is 0 Å². The van der Waals surface area contributed by atoms with Crippen molar-refractivity contribution in [2.45, 2.75) is 98.2 Å². The number of rotatable bonds is 3. The molecular weight excluding hydrogens is 662 g/mol. The molecule has 1 spiro atoms. The lowest BCUT2D eigenvalue weighted by atomic mass is 9.70. The summed E-state index contributed by atoms with van der Waals surface area (Å²) in [5, 5.41) is 80.9. The molecule has 0 radical (unpaired) electrons. The van der Waals surface area contributed by atoms with E-state index in [4.69, 9.17) is 14.2 Å². The van der Waals surface area contributed by atoms with E-state index in [1.165, 1.54) is 0 Å². The monoisotopic (exact) mass is 705 g/mol. The lowest BCUT2D eigenvalue weighted by Crippen LogP contribution is -2.58. The Morgan fingerprint density at radius 1 is 0.725 bits per heavy atom. The van der Waals surface area contributed by atoms with Crippen LogP contribution < -0.4 is 0 Å². The molecule has 4 heterocycles. The predicted molar refractivity (Wildman–Crippen MR) is 179 cm³/mol. The van der Waals surface area contributed by atoms with Gasteiger partial charge in [0.1, 0.15) is 67.1 Å². The van der Waals surface area contributed by atoms with Gasteiger partial charge in [0.05, 0.1) is 13.2 Å². The second-order valence-corrected chi connectivity index (χ2v) is 14.0. The van der Waals surface area contributed by atoms with Crippen molar-refractivity contribution in [3.63, 3.8) is 0 Å². The lowest BCUT2D eigenvalue weighted by molar-refractivity contribution is -0.214. The molecule has 0 saturated carbocycles. The standard InChI is InChI=1S/C38H43NO12/c40-18-29-33(44)35(46)31(42)26(50-29)9-5-20-3-7-22-23-8-4-21(6-10-27-32(43)36(47)34(45)30(19-41)51-27)17-25(23)38(24(22)16-20)11-13-39(14-12-38)37(48)28-2-1-15-49-28/h3-4,7-8,16-17,26-36,40-47H,1-2,11-15,18-19H2. The number of benzene rings is 2. The molecule has 13 nitrogen and oxygen atoms in total. The average Bonchev–Trinajstić information content (AvgIpc) is 3.78. The van der Waals surface area contributed by atoms with Crippen LogP contribution in [0.25, 0.3) is 11.1 Å². The number of piperidine rings is 1. The third kappa shape index (κ3) is 6.48. The van der Waals surface area contributed by atoms with Crippen molar-refractivity contribution in [3.8, 4) is 34.8 Å². The molecule has 13 heteroatoms. The number of hydrogen-bond acceptors (Lipinski definition) is 12. The minimum atomic E-state index is -1.53. The number of carbonyl (C=O) groups excluding carboxylic acids is 1. The summed E-state index contributed by atoms with van der Waals surface area (Å²) >= 11 is 0. The zero-order chi connectivity index (χ0) is 36.0. The van der Waals surface area contributed by atoms with Crippen LogP contribution in [0.3, 0.4) is 0 Å². The van der Waals surface area contributed by atoms with Crippen LogP contribution in [0.4, 0.5) is 0 Å². The average molecular weight is 706 g/mol. The molecule has 0 aromatic heterocycles. The predicted octanol–water partition coefficient (Wildman–Crippen LogP) is -1.86. The van der Waals surface area contributed by atoms with Gasteiger partial charge in [0.2, 0.25) is 0 Å². The van der Waals surface area contributed by atoms with Crippen molar-refractivity contribution < 1.29 is 59.9 Å². The maximum absolute atomic E-state index is 13.3. The second-order valence-electron chi connectivity index (χ2n) is 14.0. The Balaban J connectivity index is 1.21. The van der Waals surface area contributed by atoms with E-state index in [9.17, 15) is 45.6 Å². The molecule has 8 N–H and O–H groups in total. The summed E-state index contributed by atoms with van der Waals surface area (Å²) in [7, 11) is 0. The molecule has 4 aliphatic heterocycles. The first-order valence-corrected chi connectivity index (χ1v) is 17.4. The van der Waals surface area contributed by atoms with Crippen molar-refractivity contribution in [1.82, 2.24) is 4.90 Å². The number of hydrogen-bond donors (Lipinski definition) is 8. The Morgan fingerprint density at radius 3 is 1.65 bits per heavy atom. The summed E-state index contributed by atoms with van der Waals surface area (Å²) in [6.07, 6.45) is -11.0. The molecule has 0 bridgehead atoms. The molecule has 2 aromatic carbocycles. The summed E-state index contributed by atoms with van der Waals surface area (Å²) in [6, 6.07) is 11.6. The first-order chi connectivity index (χ1) is 24.6. The Bertz CT molecular complexity index is 1640. The molecule has 7 rings (SSSR count). The number of nitrogens with zero attached hydrogens (tertiary/aromatic N) is 1. The van der Waals surface area contributed by atoms with E-state index in [0.717, 1.165) is 28.7 Å². The highest BCUT2D eigenvalue weighted by Crippen LogP contribution is 2.54. The number of fused-ring (bicyclic) bond motifs is 5. The number of likely N-dealkylation sites (tertiary alicyclic amines) is 1. The molecule has 1 aliphatic carbocycles. The van der Waals surface area contributed by atoms with Gasteiger partial charge in [-0.2, -0.15) is 0 Å². The van der Waals surface area contributed by atoms with Crippen LogP contribution in [0.5, 0.6) is 0 Å². The molecule has 51 heavy (non-hydrogen) atoms. The highest BCUT2D eigenvalue weighted by Gasteiger charge is 2.47. The van der Waals surface area contributed by atoms with Crippen molar-refractivity contribution in [3.05, 3.63) is 58.7 Å². The van der Waals surface area contributed by atoms with E-state index >= 15 is 0 Å². The number of carbonyl (C=O) groups is 1. The third-order valence-corrected chi connectivity index (χ3v) is 11.0. The van der Waals surface area contributed by atoms with Crippen LogP contribution in [0.15, 0.2) is 36.4 Å². The quantitative estimate of drug-likeness (QED) is 0.166. The van der Waals surface area contributed by atoms with Gasteiger partial charge >= 0.3 is 0 Å². The van der Waals surface area contributed by atoms with Crippen molar-refractivity contribution >= 4 is 5.91 Å². The summed E-state index contributed by atoms with van der Waals surface area (Å²) in [5.74, 6) is 11.8. The van der Waals surface area contributed by atoms with E-state index in [2.05, 4.69) is 23.7 Å². The van der Waals surface area contributed by atoms with Crippen LogP contribution in [-0.4, -0.2) is 152 Å². The second kappa shape index (κ2) is 14.5. The van der Waals surface area contributed by atoms with E-state index in [-0.39, 0.29) is 5.91 Å². The molecule has 1 amide bonds. The topological polar surface area (TPSA) is 210 Å². The Hall–Kier alpha value is -3.41. The van der Waals surface area contributed by atoms with Gasteiger partial charge < -0.3 is 60.0 Å². The van der Waals surface area contributed by atoms with Gasteiger partial charge in [-0.15, -0.1) is 0 Å². The van der Waals surface area contributed by atoms with Crippen molar-refractivity contribution in [2.75, 3.05) is 32.9 Å². The number of amides is 1. The van der Waals surface area contributed by atoms with E-state index in [1.807, 2.05) is 41.3 Å². The Labute approximate surface area is 295 Å². The molecular formula is C38H43NO12. The number of ether oxygens (including phenoxy) is 3. The maximum atomic E-state index is 13.3. The van der Waals surface area contributed by atoms with Crippen LogP contribution >= 0.6 is 0 Å². The normalized spacial score (nSPS) is 35.3. The first kappa shape index (κ1) is 36.0. The van der Waals surface area contributed by atoms with Gasteiger partial charge in [0.15, 0.2) is 0 Å². The van der Waals surface area contributed by atoms with Gasteiger partial charge in [-0.25, -0.2) is 0 Å². The van der Waals surface area contributed by atoms with E-state index < -0.39 is 85.8 Å². The van der Waals surface area contributed by atoms with Gasteiger partial charge in [0, 0.05) is 36.2 Å². The fourth-order valence-corrected chi connectivity index (χ4v) is 8.02. The number of aliphatic hydroxyl groups is 8. The Morgan fingerprint density at radius 2 is 1.22 bits per heavy atom. The van der Waals surface area contributed by atoms with Crippen LogP contribution in [0.1, 0.15) is 47.9 Å². The van der Waals surface area contributed by atoms with Gasteiger partial charge in [-0.1, -0.05) is 35.8 Å². The van der Waals surface area contributed by atoms with Crippen LogP contribution in [0.2, 0.25) is 0 Å². The van der Waals surface area contributed by atoms with Crippen molar-refractivity contribution in [1.29, 1.82) is 0 Å². The molecule has 11 unspecified atom stereocenters. The fourth-order valence-electron chi connectivity index (χ4n) is 8.02. The summed E-state index contributed by atoms with van der Waals surface area (Å²) in [4.78, 5) is 15.2. The maximum Gasteiger partial charge on any atom is 0.251 e. The van der Waals surface area contributed by atoms with Gasteiger partial charge in [-0.05, 0) is 72.2 Å². The van der Waals surface area contributed by atoms with E-state index in [1.54, 1.807) is 0 Å². The molecule has 4 saturated heterocycles. The molecule has 5 aliphatic rings. The molecule has 11 atom stereocenters. The first-order valence-electron chi connectivity index (χ1n) is 17.4. The SMILES string of the molecule is O=C(C1CCCO1)N1CCC2(CC1)c1cc(C#CC3OC(CO)C(O)C(O)C3O)ccc1-c1ccc(C#CC3OC(CO)C(O)C(O)C3O)cc12. The zero-order valence-corrected chi connectivity index (χ0v) is 27.8. The summed E-state index contributed by atoms with van der Waals surface area (Å²) in [5.41, 5.74) is 4.76. The number of aliphatic hydroxyl groups excluding tert-OH is 8. The van der Waals surface area contributed by atoms with Gasteiger partial charge in [0.25, 0.3) is 5.91 Å². The Kier molecular flexibility index (Phi) is 10.3. The minimum absolute atomic E-state index is 0.000846. The largest absolute Gasteiger partial charge is 0.394 e.